The second-order valence-electron chi connectivity index (χ2n) is 3.11. The maximum absolute atomic E-state index is 13.1. The van der Waals surface area contributed by atoms with Gasteiger partial charge in [0.1, 0.15) is 0 Å². The Morgan fingerprint density at radius 1 is 1.53 bits per heavy atom. The number of hydrogen-bond donors (Lipinski definition) is 2. The maximum Gasteiger partial charge on any atom is 0.305 e. The van der Waals surface area contributed by atoms with Crippen molar-refractivity contribution < 1.29 is 9.31 Å². The molecule has 0 aliphatic carbocycles. The van der Waals surface area contributed by atoms with Gasteiger partial charge >= 0.3 is 5.69 Å². The van der Waals surface area contributed by atoms with E-state index in [1.54, 1.807) is 5.38 Å². The molecule has 1 heterocycles. The van der Waals surface area contributed by atoms with Crippen LogP contribution in [-0.4, -0.2) is 9.91 Å². The topological polar surface area (TPSA) is 94.1 Å². The standard InChI is InChI=1S/C9H7FN4O2S/c10-6-2-1-5(3-8(6)14(15)16)7-4-17-9(12-7)13-11/h1-4H,11H2,(H,12,13). The van der Waals surface area contributed by atoms with Crippen molar-refractivity contribution in [2.75, 3.05) is 5.43 Å². The summed E-state index contributed by atoms with van der Waals surface area (Å²) in [7, 11) is 0. The van der Waals surface area contributed by atoms with E-state index in [0.717, 1.165) is 12.1 Å². The highest BCUT2D eigenvalue weighted by atomic mass is 32.1. The summed E-state index contributed by atoms with van der Waals surface area (Å²) >= 11 is 1.25. The van der Waals surface area contributed by atoms with E-state index in [2.05, 4.69) is 10.4 Å². The zero-order valence-electron chi connectivity index (χ0n) is 8.38. The van der Waals surface area contributed by atoms with Crippen LogP contribution in [0.3, 0.4) is 0 Å². The Kier molecular flexibility index (Phi) is 2.98. The van der Waals surface area contributed by atoms with Gasteiger partial charge in [-0.05, 0) is 12.1 Å². The molecule has 0 spiro atoms. The van der Waals surface area contributed by atoms with E-state index in [9.17, 15) is 14.5 Å². The molecule has 0 saturated carbocycles. The van der Waals surface area contributed by atoms with Gasteiger partial charge in [0.15, 0.2) is 5.13 Å². The van der Waals surface area contributed by atoms with E-state index in [4.69, 9.17) is 5.84 Å². The second-order valence-corrected chi connectivity index (χ2v) is 3.96. The van der Waals surface area contributed by atoms with Crippen molar-refractivity contribution in [2.24, 2.45) is 5.84 Å². The lowest BCUT2D eigenvalue weighted by atomic mass is 10.1. The van der Waals surface area contributed by atoms with Crippen molar-refractivity contribution >= 4 is 22.2 Å². The fourth-order valence-corrected chi connectivity index (χ4v) is 1.92. The summed E-state index contributed by atoms with van der Waals surface area (Å²) in [5, 5.41) is 12.7. The number of rotatable bonds is 3. The molecule has 0 amide bonds. The molecule has 2 rings (SSSR count). The number of benzene rings is 1. The molecule has 3 N–H and O–H groups in total. The molecule has 2 aromatic rings. The van der Waals surface area contributed by atoms with E-state index < -0.39 is 16.4 Å². The number of nitrogens with two attached hydrogens (primary N) is 1. The first-order chi connectivity index (χ1) is 8.11. The van der Waals surface area contributed by atoms with Gasteiger partial charge in [0.2, 0.25) is 5.82 Å². The lowest BCUT2D eigenvalue weighted by molar-refractivity contribution is -0.387. The Labute approximate surface area is 99.0 Å². The normalized spacial score (nSPS) is 10.2. The number of halogens is 1. The lowest BCUT2D eigenvalue weighted by Gasteiger charge is -1.98. The highest BCUT2D eigenvalue weighted by Gasteiger charge is 2.16. The van der Waals surface area contributed by atoms with Crippen LogP contribution in [0.2, 0.25) is 0 Å². The monoisotopic (exact) mass is 254 g/mol. The second kappa shape index (κ2) is 4.44. The lowest BCUT2D eigenvalue weighted by Crippen LogP contribution is -2.05. The van der Waals surface area contributed by atoms with Crippen LogP contribution in [0.25, 0.3) is 11.3 Å². The number of nitro benzene ring substituents is 1. The van der Waals surface area contributed by atoms with Gasteiger partial charge in [-0.3, -0.25) is 15.5 Å². The number of hydrogen-bond acceptors (Lipinski definition) is 6. The van der Waals surface area contributed by atoms with Gasteiger partial charge in [-0.1, -0.05) is 0 Å². The molecule has 0 radical (unpaired) electrons. The zero-order valence-corrected chi connectivity index (χ0v) is 9.20. The smallest absolute Gasteiger partial charge is 0.300 e. The number of nitrogens with one attached hydrogen (secondary N) is 1. The molecule has 0 aliphatic heterocycles. The number of nitrogen functional groups attached to an aromatic ring is 1. The zero-order chi connectivity index (χ0) is 12.4. The first-order valence-corrected chi connectivity index (χ1v) is 5.36. The van der Waals surface area contributed by atoms with Crippen LogP contribution < -0.4 is 11.3 Å². The third kappa shape index (κ3) is 2.22. The number of hydrazine groups is 1. The summed E-state index contributed by atoms with van der Waals surface area (Å²) in [5.74, 6) is 4.30. The summed E-state index contributed by atoms with van der Waals surface area (Å²) < 4.78 is 13.1. The van der Waals surface area contributed by atoms with E-state index in [1.807, 2.05) is 0 Å². The number of nitro groups is 1. The Morgan fingerprint density at radius 3 is 2.88 bits per heavy atom. The summed E-state index contributed by atoms with van der Waals surface area (Å²) in [6.07, 6.45) is 0. The summed E-state index contributed by atoms with van der Waals surface area (Å²) in [6.45, 7) is 0. The molecule has 1 aromatic heterocycles. The average Bonchev–Trinajstić information content (AvgIpc) is 2.78. The third-order valence-electron chi connectivity index (χ3n) is 2.07. The quantitative estimate of drug-likeness (QED) is 0.497. The highest BCUT2D eigenvalue weighted by molar-refractivity contribution is 7.14. The van der Waals surface area contributed by atoms with Gasteiger partial charge in [0.25, 0.3) is 0 Å². The van der Waals surface area contributed by atoms with Crippen molar-refractivity contribution in [1.29, 1.82) is 0 Å². The van der Waals surface area contributed by atoms with E-state index in [-0.39, 0.29) is 0 Å². The summed E-state index contributed by atoms with van der Waals surface area (Å²) in [4.78, 5) is 13.9. The van der Waals surface area contributed by atoms with E-state index >= 15 is 0 Å². The summed E-state index contributed by atoms with van der Waals surface area (Å²) in [6, 6.07) is 3.62. The van der Waals surface area contributed by atoms with Gasteiger partial charge < -0.3 is 0 Å². The molecular formula is C9H7FN4O2S. The molecule has 6 nitrogen and oxygen atoms in total. The van der Waals surface area contributed by atoms with Gasteiger partial charge in [-0.25, -0.2) is 10.8 Å². The molecule has 8 heteroatoms. The first-order valence-electron chi connectivity index (χ1n) is 4.48. The molecule has 0 bridgehead atoms. The van der Waals surface area contributed by atoms with Crippen LogP contribution in [-0.2, 0) is 0 Å². The molecule has 0 aliphatic rings. The van der Waals surface area contributed by atoms with Crippen LogP contribution in [0.15, 0.2) is 23.6 Å². The van der Waals surface area contributed by atoms with Crippen molar-refractivity contribution in [1.82, 2.24) is 4.98 Å². The molecule has 0 fully saturated rings. The number of nitrogens with zero attached hydrogens (tertiary/aromatic N) is 2. The fraction of sp³-hybridized carbons (Fsp3) is 0. The average molecular weight is 254 g/mol. The summed E-state index contributed by atoms with van der Waals surface area (Å²) in [5.41, 5.74) is 2.77. The molecule has 0 atom stereocenters. The number of thiazole rings is 1. The van der Waals surface area contributed by atoms with Gasteiger partial charge in [0.05, 0.1) is 10.6 Å². The van der Waals surface area contributed by atoms with Crippen LogP contribution in [0, 0.1) is 15.9 Å². The molecule has 17 heavy (non-hydrogen) atoms. The Morgan fingerprint density at radius 2 is 2.29 bits per heavy atom. The molecule has 0 saturated heterocycles. The fourth-order valence-electron chi connectivity index (χ4n) is 1.28. The maximum atomic E-state index is 13.1. The van der Waals surface area contributed by atoms with Crippen LogP contribution in [0.4, 0.5) is 15.2 Å². The van der Waals surface area contributed by atoms with Gasteiger partial charge in [0, 0.05) is 17.0 Å². The van der Waals surface area contributed by atoms with Gasteiger partial charge in [-0.2, -0.15) is 4.39 Å². The van der Waals surface area contributed by atoms with Crippen molar-refractivity contribution in [3.05, 3.63) is 39.5 Å². The largest absolute Gasteiger partial charge is 0.305 e. The predicted molar refractivity (Wildman–Crippen MR) is 62.0 cm³/mol. The SMILES string of the molecule is NNc1nc(-c2ccc(F)c([N+](=O)[O-])c2)cs1. The van der Waals surface area contributed by atoms with E-state index in [0.29, 0.717) is 16.4 Å². The van der Waals surface area contributed by atoms with Gasteiger partial charge in [-0.15, -0.1) is 11.3 Å². The van der Waals surface area contributed by atoms with E-state index in [1.165, 1.54) is 17.4 Å². The molecule has 1 aromatic carbocycles. The van der Waals surface area contributed by atoms with Crippen molar-refractivity contribution in [2.45, 2.75) is 0 Å². The Hall–Kier alpha value is -2.06. The van der Waals surface area contributed by atoms with Crippen LogP contribution >= 0.6 is 11.3 Å². The molecular weight excluding hydrogens is 247 g/mol. The van der Waals surface area contributed by atoms with Crippen molar-refractivity contribution in [3.63, 3.8) is 0 Å². The van der Waals surface area contributed by atoms with Crippen LogP contribution in [0.1, 0.15) is 0 Å². The van der Waals surface area contributed by atoms with Crippen LogP contribution in [0.5, 0.6) is 0 Å². The number of anilines is 1. The predicted octanol–water partition coefficient (Wildman–Crippen LogP) is 2.14. The highest BCUT2D eigenvalue weighted by Crippen LogP contribution is 2.28. The minimum absolute atomic E-state index is 0.468. The Balaban J connectivity index is 2.46. The molecule has 88 valence electrons. The number of aromatic nitrogens is 1. The third-order valence-corrected chi connectivity index (χ3v) is 2.84. The van der Waals surface area contributed by atoms with Crippen molar-refractivity contribution in [3.8, 4) is 11.3 Å². The first kappa shape index (κ1) is 11.4. The molecule has 0 unspecified atom stereocenters. The Bertz CT molecular complexity index is 572. The minimum Gasteiger partial charge on any atom is -0.300 e. The minimum atomic E-state index is -0.869.